The molecular formula is C22H22N2O3. The lowest BCUT2D eigenvalue weighted by Gasteiger charge is -2.11. The number of aromatic hydroxyl groups is 1. The van der Waals surface area contributed by atoms with E-state index < -0.39 is 5.97 Å². The fourth-order valence-electron chi connectivity index (χ4n) is 3.10. The zero-order valence-electron chi connectivity index (χ0n) is 15.8. The summed E-state index contributed by atoms with van der Waals surface area (Å²) >= 11 is 0. The van der Waals surface area contributed by atoms with E-state index in [0.717, 1.165) is 22.6 Å². The highest BCUT2D eigenvalue weighted by molar-refractivity contribution is 5.92. The third-order valence-corrected chi connectivity index (χ3v) is 4.78. The van der Waals surface area contributed by atoms with E-state index in [9.17, 15) is 9.90 Å². The van der Waals surface area contributed by atoms with Gasteiger partial charge in [0.1, 0.15) is 11.3 Å². The molecule has 0 radical (unpaired) electrons. The van der Waals surface area contributed by atoms with Crippen molar-refractivity contribution in [3.63, 3.8) is 0 Å². The van der Waals surface area contributed by atoms with Crippen molar-refractivity contribution in [3.8, 4) is 11.4 Å². The first kappa shape index (κ1) is 18.5. The molecule has 2 aromatic carbocycles. The SMILES string of the molecule is Cc1ccc(-n2c(C)cc(C=Nc3ccc(O)c(C(=O)O)c3)c2C)cc1C. The van der Waals surface area contributed by atoms with Crippen LogP contribution in [0.25, 0.3) is 5.69 Å². The molecule has 0 spiro atoms. The first-order valence-electron chi connectivity index (χ1n) is 8.65. The maximum atomic E-state index is 11.1. The van der Waals surface area contributed by atoms with Crippen LogP contribution in [0.2, 0.25) is 0 Å². The Morgan fingerprint density at radius 2 is 1.74 bits per heavy atom. The van der Waals surface area contributed by atoms with Crippen molar-refractivity contribution in [1.82, 2.24) is 4.57 Å². The van der Waals surface area contributed by atoms with Gasteiger partial charge in [-0.05, 0) is 75.2 Å². The summed E-state index contributed by atoms with van der Waals surface area (Å²) in [5.41, 5.74) is 7.00. The third kappa shape index (κ3) is 3.62. The number of carboxylic acids is 1. The van der Waals surface area contributed by atoms with Crippen LogP contribution in [0.15, 0.2) is 47.5 Å². The molecule has 0 atom stereocenters. The van der Waals surface area contributed by atoms with Gasteiger partial charge in [-0.2, -0.15) is 0 Å². The summed E-state index contributed by atoms with van der Waals surface area (Å²) in [6.07, 6.45) is 1.72. The van der Waals surface area contributed by atoms with Crippen LogP contribution in [-0.2, 0) is 0 Å². The minimum absolute atomic E-state index is 0.162. The fourth-order valence-corrected chi connectivity index (χ4v) is 3.10. The Morgan fingerprint density at radius 3 is 2.41 bits per heavy atom. The predicted octanol–water partition coefficient (Wildman–Crippen LogP) is 4.87. The van der Waals surface area contributed by atoms with Crippen molar-refractivity contribution >= 4 is 17.9 Å². The Bertz CT molecular complexity index is 1060. The number of carboxylic acid groups (broad SMARTS) is 1. The maximum absolute atomic E-state index is 11.1. The van der Waals surface area contributed by atoms with Gasteiger partial charge in [0.15, 0.2) is 0 Å². The molecule has 5 nitrogen and oxygen atoms in total. The quantitative estimate of drug-likeness (QED) is 0.651. The predicted molar refractivity (Wildman–Crippen MR) is 107 cm³/mol. The lowest BCUT2D eigenvalue weighted by molar-refractivity contribution is 0.0694. The summed E-state index contributed by atoms with van der Waals surface area (Å²) in [6.45, 7) is 8.27. The maximum Gasteiger partial charge on any atom is 0.339 e. The molecule has 0 aliphatic rings. The number of phenols is 1. The summed E-state index contributed by atoms with van der Waals surface area (Å²) in [5.74, 6) is -1.45. The van der Waals surface area contributed by atoms with Crippen LogP contribution in [-0.4, -0.2) is 27.0 Å². The highest BCUT2D eigenvalue weighted by Gasteiger charge is 2.11. The van der Waals surface area contributed by atoms with E-state index in [0.29, 0.717) is 5.69 Å². The topological polar surface area (TPSA) is 74.8 Å². The molecule has 1 heterocycles. The van der Waals surface area contributed by atoms with Gasteiger partial charge >= 0.3 is 5.97 Å². The minimum Gasteiger partial charge on any atom is -0.507 e. The smallest absolute Gasteiger partial charge is 0.339 e. The number of carbonyl (C=O) groups is 1. The molecular weight excluding hydrogens is 340 g/mol. The number of benzene rings is 2. The Morgan fingerprint density at radius 1 is 1.00 bits per heavy atom. The molecule has 0 bridgehead atoms. The largest absolute Gasteiger partial charge is 0.507 e. The Labute approximate surface area is 158 Å². The molecule has 138 valence electrons. The van der Waals surface area contributed by atoms with Crippen LogP contribution in [0, 0.1) is 27.7 Å². The van der Waals surface area contributed by atoms with Crippen LogP contribution in [0.5, 0.6) is 5.75 Å². The third-order valence-electron chi connectivity index (χ3n) is 4.78. The van der Waals surface area contributed by atoms with Crippen molar-refractivity contribution in [3.05, 3.63) is 76.1 Å². The van der Waals surface area contributed by atoms with E-state index in [2.05, 4.69) is 41.6 Å². The van der Waals surface area contributed by atoms with Gasteiger partial charge in [-0.1, -0.05) is 6.07 Å². The summed E-state index contributed by atoms with van der Waals surface area (Å²) in [6, 6.07) is 12.7. The monoisotopic (exact) mass is 362 g/mol. The van der Waals surface area contributed by atoms with Gasteiger partial charge in [-0.15, -0.1) is 0 Å². The van der Waals surface area contributed by atoms with E-state index in [1.54, 1.807) is 12.3 Å². The van der Waals surface area contributed by atoms with Gasteiger partial charge in [0.05, 0.1) is 5.69 Å². The van der Waals surface area contributed by atoms with E-state index >= 15 is 0 Å². The summed E-state index contributed by atoms with van der Waals surface area (Å²) in [4.78, 5) is 15.5. The van der Waals surface area contributed by atoms with Crippen LogP contribution in [0.3, 0.4) is 0 Å². The van der Waals surface area contributed by atoms with E-state index in [1.807, 2.05) is 19.9 Å². The number of hydrogen-bond donors (Lipinski definition) is 2. The average molecular weight is 362 g/mol. The Kier molecular flexibility index (Phi) is 4.86. The Balaban J connectivity index is 1.97. The molecule has 0 unspecified atom stereocenters. The van der Waals surface area contributed by atoms with E-state index in [-0.39, 0.29) is 11.3 Å². The first-order chi connectivity index (χ1) is 12.8. The number of hydrogen-bond acceptors (Lipinski definition) is 3. The molecule has 3 aromatic rings. The second-order valence-electron chi connectivity index (χ2n) is 6.70. The van der Waals surface area contributed by atoms with E-state index in [1.165, 1.54) is 23.3 Å². The van der Waals surface area contributed by atoms with Gasteiger partial charge in [0, 0.05) is 28.9 Å². The second-order valence-corrected chi connectivity index (χ2v) is 6.70. The van der Waals surface area contributed by atoms with Gasteiger partial charge in [-0.3, -0.25) is 4.99 Å². The Hall–Kier alpha value is -3.34. The number of aryl methyl sites for hydroxylation is 3. The molecule has 0 fully saturated rings. The first-order valence-corrected chi connectivity index (χ1v) is 8.65. The molecule has 3 rings (SSSR count). The van der Waals surface area contributed by atoms with Crippen molar-refractivity contribution < 1.29 is 15.0 Å². The number of aromatic carboxylic acids is 1. The molecule has 0 aliphatic heterocycles. The van der Waals surface area contributed by atoms with Crippen LogP contribution < -0.4 is 0 Å². The summed E-state index contributed by atoms with van der Waals surface area (Å²) in [5, 5.41) is 18.7. The second kappa shape index (κ2) is 7.11. The van der Waals surface area contributed by atoms with Gasteiger partial charge in [-0.25, -0.2) is 4.79 Å². The van der Waals surface area contributed by atoms with Crippen LogP contribution in [0.4, 0.5) is 5.69 Å². The lowest BCUT2D eigenvalue weighted by Crippen LogP contribution is -2.00. The highest BCUT2D eigenvalue weighted by atomic mass is 16.4. The number of aromatic nitrogens is 1. The fraction of sp³-hybridized carbons (Fsp3) is 0.182. The van der Waals surface area contributed by atoms with Crippen molar-refractivity contribution in [2.24, 2.45) is 4.99 Å². The number of nitrogens with zero attached hydrogens (tertiary/aromatic N) is 2. The van der Waals surface area contributed by atoms with Gasteiger partial charge in [0.25, 0.3) is 0 Å². The number of aliphatic imine (C=N–C) groups is 1. The standard InChI is InChI=1S/C22H22N2O3/c1-13-5-7-19(9-14(13)2)24-15(3)10-17(16(24)4)12-23-18-6-8-21(25)20(11-18)22(26)27/h5-12,25H,1-4H3,(H,26,27). The summed E-state index contributed by atoms with van der Waals surface area (Å²) < 4.78 is 2.17. The molecule has 2 N–H and O–H groups in total. The summed E-state index contributed by atoms with van der Waals surface area (Å²) in [7, 11) is 0. The van der Waals surface area contributed by atoms with Crippen LogP contribution in [0.1, 0.15) is 38.4 Å². The van der Waals surface area contributed by atoms with Crippen LogP contribution >= 0.6 is 0 Å². The van der Waals surface area contributed by atoms with Crippen molar-refractivity contribution in [2.45, 2.75) is 27.7 Å². The zero-order chi connectivity index (χ0) is 19.7. The molecule has 0 aliphatic carbocycles. The molecule has 1 aromatic heterocycles. The van der Waals surface area contributed by atoms with Crippen molar-refractivity contribution in [2.75, 3.05) is 0 Å². The molecule has 0 saturated carbocycles. The molecule has 0 saturated heterocycles. The van der Waals surface area contributed by atoms with Gasteiger partial charge < -0.3 is 14.8 Å². The van der Waals surface area contributed by atoms with Crippen molar-refractivity contribution in [1.29, 1.82) is 0 Å². The highest BCUT2D eigenvalue weighted by Crippen LogP contribution is 2.25. The normalized spacial score (nSPS) is 11.3. The zero-order valence-corrected chi connectivity index (χ0v) is 15.8. The molecule has 0 amide bonds. The lowest BCUT2D eigenvalue weighted by atomic mass is 10.1. The number of rotatable bonds is 4. The molecule has 27 heavy (non-hydrogen) atoms. The van der Waals surface area contributed by atoms with Gasteiger partial charge in [0.2, 0.25) is 0 Å². The minimum atomic E-state index is -1.18. The molecule has 5 heteroatoms. The van der Waals surface area contributed by atoms with E-state index in [4.69, 9.17) is 5.11 Å². The average Bonchev–Trinajstić information content (AvgIpc) is 2.90.